The van der Waals surface area contributed by atoms with Gasteiger partial charge in [0, 0.05) is 24.8 Å². The highest BCUT2D eigenvalue weighted by Gasteiger charge is 2.29. The number of rotatable bonds is 5. The van der Waals surface area contributed by atoms with Crippen LogP contribution in [0.5, 0.6) is 0 Å². The third-order valence-electron chi connectivity index (χ3n) is 6.12. The molecule has 0 spiro atoms. The van der Waals surface area contributed by atoms with E-state index in [4.69, 9.17) is 0 Å². The molecule has 34 heavy (non-hydrogen) atoms. The van der Waals surface area contributed by atoms with E-state index in [0.29, 0.717) is 34.6 Å². The summed E-state index contributed by atoms with van der Waals surface area (Å²) in [5, 5.41) is 19.6. The first-order valence-electron chi connectivity index (χ1n) is 11.2. The molecule has 2 aromatic heterocycles. The molecule has 3 N–H and O–H groups in total. The fraction of sp³-hybridized carbons (Fsp3) is 0.333. The number of hydrogen-bond acceptors (Lipinski definition) is 9. The van der Waals surface area contributed by atoms with E-state index in [1.165, 1.54) is 22.9 Å². The minimum absolute atomic E-state index is 0.296. The zero-order valence-electron chi connectivity index (χ0n) is 19.5. The van der Waals surface area contributed by atoms with Crippen molar-refractivity contribution in [3.8, 4) is 6.07 Å². The molecule has 2 aliphatic rings. The molecule has 0 saturated carbocycles. The summed E-state index contributed by atoms with van der Waals surface area (Å²) in [7, 11) is -0.376. The summed E-state index contributed by atoms with van der Waals surface area (Å²) < 4.78 is 12.4. The van der Waals surface area contributed by atoms with Gasteiger partial charge in [0.2, 0.25) is 5.95 Å². The third-order valence-corrected chi connectivity index (χ3v) is 7.47. The molecule has 10 heteroatoms. The van der Waals surface area contributed by atoms with Gasteiger partial charge in [0.15, 0.2) is 5.82 Å². The second kappa shape index (κ2) is 8.80. The highest BCUT2D eigenvalue weighted by Crippen LogP contribution is 2.35. The maximum absolute atomic E-state index is 12.4. The Bertz CT molecular complexity index is 1350. The van der Waals surface area contributed by atoms with Crippen molar-refractivity contribution in [2.45, 2.75) is 19.0 Å². The number of pyridine rings is 1. The number of nitriles is 1. The van der Waals surface area contributed by atoms with E-state index in [9.17, 15) is 9.83 Å². The van der Waals surface area contributed by atoms with Gasteiger partial charge in [-0.1, -0.05) is 6.07 Å². The van der Waals surface area contributed by atoms with Crippen LogP contribution in [0.15, 0.2) is 36.5 Å². The zero-order chi connectivity index (χ0) is 23.9. The molecule has 0 bridgehead atoms. The number of nitrogens with zero attached hydrogens (tertiary/aromatic N) is 5. The van der Waals surface area contributed by atoms with Gasteiger partial charge in [0.05, 0.1) is 6.20 Å². The summed E-state index contributed by atoms with van der Waals surface area (Å²) in [6, 6.07) is 12.1. The van der Waals surface area contributed by atoms with Gasteiger partial charge < -0.3 is 25.4 Å². The van der Waals surface area contributed by atoms with Crippen molar-refractivity contribution in [2.24, 2.45) is 0 Å². The lowest BCUT2D eigenvalue weighted by Gasteiger charge is -2.37. The van der Waals surface area contributed by atoms with Crippen LogP contribution in [0.25, 0.3) is 0 Å². The van der Waals surface area contributed by atoms with Crippen LogP contribution in [0.1, 0.15) is 28.3 Å². The SMILES string of the molecule is CN1Cc2cc(Nc3ncc(C#N)c(Nc4cccc(P(C)(C)=O)n4)n3)cc3c2C(C1)NCC3. The Hall–Kier alpha value is -3.31. The fourth-order valence-corrected chi connectivity index (χ4v) is 5.40. The summed E-state index contributed by atoms with van der Waals surface area (Å²) in [4.78, 5) is 15.7. The molecule has 0 radical (unpaired) electrons. The van der Waals surface area contributed by atoms with Gasteiger partial charge in [-0.2, -0.15) is 10.2 Å². The summed E-state index contributed by atoms with van der Waals surface area (Å²) >= 11 is 0. The van der Waals surface area contributed by atoms with E-state index in [-0.39, 0.29) is 0 Å². The highest BCUT2D eigenvalue weighted by molar-refractivity contribution is 7.69. The van der Waals surface area contributed by atoms with Crippen molar-refractivity contribution in [3.05, 3.63) is 58.8 Å². The average molecular weight is 475 g/mol. The largest absolute Gasteiger partial charge is 0.324 e. The van der Waals surface area contributed by atoms with E-state index in [1.54, 1.807) is 31.5 Å². The van der Waals surface area contributed by atoms with Crippen LogP contribution >= 0.6 is 7.14 Å². The Labute approximate surface area is 199 Å². The van der Waals surface area contributed by atoms with E-state index < -0.39 is 7.14 Å². The van der Waals surface area contributed by atoms with Crippen LogP contribution in [0.4, 0.5) is 23.3 Å². The number of nitrogens with one attached hydrogen (secondary N) is 3. The number of aromatic nitrogens is 3. The van der Waals surface area contributed by atoms with Crippen molar-refractivity contribution in [2.75, 3.05) is 44.1 Å². The van der Waals surface area contributed by atoms with Gasteiger partial charge in [-0.3, -0.25) is 0 Å². The summed E-state index contributed by atoms with van der Waals surface area (Å²) in [5.74, 6) is 1.20. The Morgan fingerprint density at radius 2 is 2.03 bits per heavy atom. The van der Waals surface area contributed by atoms with Crippen LogP contribution in [0, 0.1) is 11.3 Å². The zero-order valence-corrected chi connectivity index (χ0v) is 20.4. The Morgan fingerprint density at radius 3 is 2.82 bits per heavy atom. The molecular weight excluding hydrogens is 447 g/mol. The maximum atomic E-state index is 12.4. The molecule has 4 heterocycles. The standard InChI is InChI=1S/C24H27N8OP/c1-32-13-16-10-18(9-15-7-8-26-19(14-32)22(15)16)28-24-27-12-17(11-25)23(31-24)30-20-5-4-6-21(29-20)34(2,3)33/h4-6,9-10,12,19,26H,7-8,13-14H2,1-3H3,(H2,27,28,29,30,31). The van der Waals surface area contributed by atoms with Crippen molar-refractivity contribution in [3.63, 3.8) is 0 Å². The second-order valence-electron chi connectivity index (χ2n) is 9.21. The summed E-state index contributed by atoms with van der Waals surface area (Å²) in [5.41, 5.74) is 5.83. The first-order valence-corrected chi connectivity index (χ1v) is 13.8. The molecule has 3 aromatic rings. The van der Waals surface area contributed by atoms with Crippen LogP contribution in [0.2, 0.25) is 0 Å². The van der Waals surface area contributed by atoms with Crippen molar-refractivity contribution in [1.29, 1.82) is 5.26 Å². The van der Waals surface area contributed by atoms with Crippen molar-refractivity contribution in [1.82, 2.24) is 25.2 Å². The molecule has 0 amide bonds. The molecule has 5 rings (SSSR count). The summed E-state index contributed by atoms with van der Waals surface area (Å²) in [6.45, 7) is 6.23. The molecule has 1 aromatic carbocycles. The summed E-state index contributed by atoms with van der Waals surface area (Å²) in [6.07, 6.45) is 2.47. The van der Waals surface area contributed by atoms with Crippen LogP contribution < -0.4 is 21.4 Å². The highest BCUT2D eigenvalue weighted by atomic mass is 31.2. The van der Waals surface area contributed by atoms with E-state index in [2.05, 4.69) is 61.1 Å². The Morgan fingerprint density at radius 1 is 1.21 bits per heavy atom. The van der Waals surface area contributed by atoms with Gasteiger partial charge in [-0.15, -0.1) is 0 Å². The fourth-order valence-electron chi connectivity index (χ4n) is 4.60. The van der Waals surface area contributed by atoms with Gasteiger partial charge in [-0.05, 0) is 74.3 Å². The first-order chi connectivity index (χ1) is 16.3. The topological polar surface area (TPSA) is 119 Å². The van der Waals surface area contributed by atoms with Crippen LogP contribution in [-0.4, -0.2) is 53.3 Å². The minimum Gasteiger partial charge on any atom is -0.324 e. The average Bonchev–Trinajstić information content (AvgIpc) is 2.79. The van der Waals surface area contributed by atoms with Gasteiger partial charge >= 0.3 is 0 Å². The number of likely N-dealkylation sites (N-methyl/N-ethyl adjacent to an activating group) is 1. The lowest BCUT2D eigenvalue weighted by molar-refractivity contribution is 0.254. The Kier molecular flexibility index (Phi) is 5.82. The molecule has 9 nitrogen and oxygen atoms in total. The lowest BCUT2D eigenvalue weighted by Crippen LogP contribution is -2.42. The van der Waals surface area contributed by atoms with Crippen LogP contribution in [-0.2, 0) is 17.5 Å². The quantitative estimate of drug-likeness (QED) is 0.479. The van der Waals surface area contributed by atoms with Gasteiger partial charge in [0.25, 0.3) is 0 Å². The number of anilines is 4. The predicted octanol–water partition coefficient (Wildman–Crippen LogP) is 3.11. The molecule has 0 fully saturated rings. The van der Waals surface area contributed by atoms with Crippen molar-refractivity contribution >= 4 is 35.8 Å². The third kappa shape index (κ3) is 4.53. The lowest BCUT2D eigenvalue weighted by atomic mass is 9.86. The maximum Gasteiger partial charge on any atom is 0.229 e. The Balaban J connectivity index is 1.44. The van der Waals surface area contributed by atoms with E-state index >= 15 is 0 Å². The molecule has 2 aliphatic heterocycles. The van der Waals surface area contributed by atoms with Crippen LogP contribution in [0.3, 0.4) is 0 Å². The molecule has 0 saturated heterocycles. The molecule has 174 valence electrons. The second-order valence-corrected chi connectivity index (χ2v) is 12.4. The van der Waals surface area contributed by atoms with Crippen molar-refractivity contribution < 1.29 is 4.57 Å². The first kappa shape index (κ1) is 22.5. The van der Waals surface area contributed by atoms with Gasteiger partial charge in [0.1, 0.15) is 30.0 Å². The molecule has 0 aliphatic carbocycles. The minimum atomic E-state index is -2.52. The predicted molar refractivity (Wildman–Crippen MR) is 134 cm³/mol. The smallest absolute Gasteiger partial charge is 0.229 e. The van der Waals surface area contributed by atoms with Gasteiger partial charge in [-0.25, -0.2) is 9.97 Å². The monoisotopic (exact) mass is 474 g/mol. The molecule has 1 atom stereocenters. The number of hydrogen-bond donors (Lipinski definition) is 3. The van der Waals surface area contributed by atoms with E-state index in [1.807, 2.05) is 0 Å². The van der Waals surface area contributed by atoms with E-state index in [0.717, 1.165) is 31.7 Å². The molecule has 1 unspecified atom stereocenters. The normalized spacial score (nSPS) is 17.5. The molecular formula is C24H27N8OP. The number of benzene rings is 1.